The van der Waals surface area contributed by atoms with Gasteiger partial charge in [0.05, 0.1) is 19.8 Å². The fraction of sp³-hybridized carbons (Fsp3) is 0.658. The molecule has 0 bridgehead atoms. The third kappa shape index (κ3) is 18.2. The molecule has 12 nitrogen and oxygen atoms in total. The largest absolute Gasteiger partial charge is 0.486 e. The summed E-state index contributed by atoms with van der Waals surface area (Å²) in [5.41, 5.74) is 7.38. The number of unbranched alkanes of at least 4 members (excludes halogenated alkanes) is 15. The van der Waals surface area contributed by atoms with Gasteiger partial charge in [-0.05, 0) is 43.5 Å². The molecule has 13 heteroatoms. The van der Waals surface area contributed by atoms with E-state index in [0.717, 1.165) is 18.5 Å². The summed E-state index contributed by atoms with van der Waals surface area (Å²) in [5.74, 6) is 0.946. The number of aryl methyl sites for hydroxylation is 1. The molecule has 0 amide bonds. The maximum atomic E-state index is 12.8. The van der Waals surface area contributed by atoms with Crippen LogP contribution in [0.2, 0.25) is 0 Å². The number of phosphoric acid groups is 1. The number of hydrogen-bond donors (Lipinski definition) is 2. The fourth-order valence-corrected chi connectivity index (χ4v) is 6.71. The van der Waals surface area contributed by atoms with E-state index in [2.05, 4.69) is 17.0 Å². The summed E-state index contributed by atoms with van der Waals surface area (Å²) < 4.78 is 42.0. The van der Waals surface area contributed by atoms with Gasteiger partial charge in [0.1, 0.15) is 29.8 Å². The van der Waals surface area contributed by atoms with Crippen molar-refractivity contribution in [2.24, 2.45) is 0 Å². The highest BCUT2D eigenvalue weighted by atomic mass is 31.2. The smallest absolute Gasteiger partial charge is 0.472 e. The molecule has 0 aliphatic heterocycles. The van der Waals surface area contributed by atoms with Crippen LogP contribution in [-0.2, 0) is 29.5 Å². The normalized spacial score (nSPS) is 13.8. The van der Waals surface area contributed by atoms with Gasteiger partial charge in [0.15, 0.2) is 5.82 Å². The first-order valence-corrected chi connectivity index (χ1v) is 20.4. The van der Waals surface area contributed by atoms with Crippen molar-refractivity contribution in [1.82, 2.24) is 14.6 Å². The van der Waals surface area contributed by atoms with E-state index in [0.29, 0.717) is 36.5 Å². The Kier molecular flexibility index (Phi) is 21.3. The Morgan fingerprint density at radius 2 is 1.41 bits per heavy atom. The predicted molar refractivity (Wildman–Crippen MR) is 199 cm³/mol. The molecule has 3 rings (SSSR count). The van der Waals surface area contributed by atoms with Gasteiger partial charge in [-0.3, -0.25) is 9.05 Å². The van der Waals surface area contributed by atoms with Gasteiger partial charge in [0.25, 0.3) is 6.26 Å². The van der Waals surface area contributed by atoms with Crippen molar-refractivity contribution in [2.45, 2.75) is 135 Å². The molecule has 1 unspecified atom stereocenters. The van der Waals surface area contributed by atoms with E-state index in [1.807, 2.05) is 24.3 Å². The first kappa shape index (κ1) is 42.2. The number of nitrogen functional groups attached to an aromatic ring is 1. The van der Waals surface area contributed by atoms with Crippen molar-refractivity contribution in [3.05, 3.63) is 54.5 Å². The number of hydrogen-bond acceptors (Lipinski definition) is 10. The zero-order chi connectivity index (χ0) is 36.4. The summed E-state index contributed by atoms with van der Waals surface area (Å²) >= 11 is 0. The van der Waals surface area contributed by atoms with Crippen LogP contribution in [-0.4, -0.2) is 58.1 Å². The monoisotopic (exact) mass is 729 g/mol. The molecule has 284 valence electrons. The minimum atomic E-state index is -4.50. The quantitative estimate of drug-likeness (QED) is 0.0369. The molecule has 0 radical (unpaired) electrons. The summed E-state index contributed by atoms with van der Waals surface area (Å²) in [6, 6.07) is 12.8. The highest BCUT2D eigenvalue weighted by Crippen LogP contribution is 2.43. The molecule has 2 aromatic heterocycles. The van der Waals surface area contributed by atoms with Crippen LogP contribution >= 0.6 is 7.82 Å². The summed E-state index contributed by atoms with van der Waals surface area (Å²) in [6.45, 7) is 2.46. The van der Waals surface area contributed by atoms with E-state index in [-0.39, 0.29) is 19.8 Å². The number of fused-ring (bicyclic) bond motifs is 1. The van der Waals surface area contributed by atoms with Gasteiger partial charge in [-0.1, -0.05) is 121 Å². The molecule has 0 aliphatic rings. The average molecular weight is 730 g/mol. The van der Waals surface area contributed by atoms with Crippen molar-refractivity contribution < 1.29 is 32.7 Å². The minimum absolute atomic E-state index is 0.188. The van der Waals surface area contributed by atoms with E-state index in [4.69, 9.17) is 34.3 Å². The second-order valence-electron chi connectivity index (χ2n) is 13.1. The van der Waals surface area contributed by atoms with E-state index in [1.54, 1.807) is 29.0 Å². The number of nitrogens with two attached hydrogens (primary N) is 1. The Hall–Kier alpha value is -3.20. The van der Waals surface area contributed by atoms with Gasteiger partial charge < -0.3 is 24.8 Å². The Morgan fingerprint density at radius 1 is 0.824 bits per heavy atom. The van der Waals surface area contributed by atoms with Gasteiger partial charge in [-0.2, -0.15) is 10.4 Å². The van der Waals surface area contributed by atoms with Gasteiger partial charge in [-0.15, -0.1) is 0 Å². The van der Waals surface area contributed by atoms with Crippen LogP contribution in [0, 0.1) is 11.5 Å². The lowest BCUT2D eigenvalue weighted by molar-refractivity contribution is 0.00981. The number of nitrogens with zero attached hydrogens (tertiary/aromatic N) is 4. The van der Waals surface area contributed by atoms with Gasteiger partial charge in [-0.25, -0.2) is 14.1 Å². The van der Waals surface area contributed by atoms with Crippen molar-refractivity contribution in [1.29, 1.82) is 5.26 Å². The Bertz CT molecular complexity index is 1420. The first-order chi connectivity index (χ1) is 24.9. The topological polar surface area (TPSA) is 163 Å². The maximum Gasteiger partial charge on any atom is 0.472 e. The number of anilines is 1. The maximum absolute atomic E-state index is 12.8. The molecule has 3 N–H and O–H groups in total. The minimum Gasteiger partial charge on any atom is -0.486 e. The Balaban J connectivity index is 1.30. The van der Waals surface area contributed by atoms with Crippen LogP contribution in [0.3, 0.4) is 0 Å². The first-order valence-electron chi connectivity index (χ1n) is 18.9. The third-order valence-corrected chi connectivity index (χ3v) is 9.79. The van der Waals surface area contributed by atoms with E-state index in [9.17, 15) is 9.46 Å². The molecule has 2 heterocycles. The average Bonchev–Trinajstić information content (AvgIpc) is 3.56. The standard InChI is InChI=1S/C38H60N5O7P/c1-2-3-4-5-6-7-8-9-10-11-12-13-14-15-16-20-27-46-28-36(50-34-21-18-17-19-22-34)30-49-51(44,45)48-29-35(47-31-39)25-23-33-24-26-37-38(40)41-32-42-43(33)37/h17-19,21-22,24,26,32,35-36H,2-16,20,23,25,27-30H2,1H3,(H,44,45)(H2,40,41,42)/t35-,36+/m0/s1. The number of rotatable bonds is 31. The van der Waals surface area contributed by atoms with Crippen molar-refractivity contribution in [3.63, 3.8) is 0 Å². The molecular formula is C38H60N5O7P. The lowest BCUT2D eigenvalue weighted by Crippen LogP contribution is -2.29. The number of nitriles is 1. The van der Waals surface area contributed by atoms with Gasteiger partial charge in [0.2, 0.25) is 0 Å². The van der Waals surface area contributed by atoms with Crippen LogP contribution in [0.1, 0.15) is 122 Å². The summed E-state index contributed by atoms with van der Waals surface area (Å²) in [5, 5.41) is 13.3. The molecule has 0 aliphatic carbocycles. The van der Waals surface area contributed by atoms with Crippen molar-refractivity contribution >= 4 is 19.2 Å². The van der Waals surface area contributed by atoms with Crippen molar-refractivity contribution in [3.8, 4) is 12.0 Å². The molecule has 51 heavy (non-hydrogen) atoms. The fourth-order valence-electron chi connectivity index (χ4n) is 5.92. The lowest BCUT2D eigenvalue weighted by Gasteiger charge is -2.21. The van der Waals surface area contributed by atoms with Crippen LogP contribution in [0.15, 0.2) is 48.8 Å². The van der Waals surface area contributed by atoms with Crippen LogP contribution < -0.4 is 10.5 Å². The van der Waals surface area contributed by atoms with Crippen molar-refractivity contribution in [2.75, 3.05) is 32.2 Å². The molecule has 3 aromatic rings. The Labute approximate surface area is 304 Å². The molecule has 1 aromatic carbocycles. The zero-order valence-electron chi connectivity index (χ0n) is 30.5. The van der Waals surface area contributed by atoms with E-state index >= 15 is 0 Å². The summed E-state index contributed by atoms with van der Waals surface area (Å²) in [7, 11) is -4.50. The highest BCUT2D eigenvalue weighted by Gasteiger charge is 2.27. The van der Waals surface area contributed by atoms with E-state index in [1.165, 1.54) is 96.2 Å². The number of aromatic nitrogens is 3. The lowest BCUT2D eigenvalue weighted by atomic mass is 10.0. The molecular weight excluding hydrogens is 669 g/mol. The third-order valence-electron chi connectivity index (χ3n) is 8.84. The molecule has 0 fully saturated rings. The van der Waals surface area contributed by atoms with Gasteiger partial charge >= 0.3 is 7.82 Å². The van der Waals surface area contributed by atoms with Crippen LogP contribution in [0.5, 0.6) is 5.75 Å². The SMILES string of the molecule is CCCCCCCCCCCCCCCCCCOC[C@H](COP(=O)(O)OC[C@H](CCc1ccc2c(N)ncnn12)OC#N)Oc1ccccc1. The Morgan fingerprint density at radius 3 is 2.02 bits per heavy atom. The molecule has 0 saturated carbocycles. The number of para-hydroxylation sites is 1. The highest BCUT2D eigenvalue weighted by molar-refractivity contribution is 7.47. The second-order valence-corrected chi connectivity index (χ2v) is 14.6. The molecule has 0 saturated heterocycles. The number of ether oxygens (including phenoxy) is 3. The van der Waals surface area contributed by atoms with E-state index < -0.39 is 20.0 Å². The summed E-state index contributed by atoms with van der Waals surface area (Å²) in [4.78, 5) is 14.4. The van der Waals surface area contributed by atoms with Crippen LogP contribution in [0.25, 0.3) is 5.52 Å². The summed E-state index contributed by atoms with van der Waals surface area (Å²) in [6.07, 6.45) is 23.3. The number of phosphoric ester groups is 1. The predicted octanol–water partition coefficient (Wildman–Crippen LogP) is 8.97. The second kappa shape index (κ2) is 25.7. The van der Waals surface area contributed by atoms with Crippen LogP contribution in [0.4, 0.5) is 5.82 Å². The zero-order valence-corrected chi connectivity index (χ0v) is 31.4. The molecule has 0 spiro atoms. The molecule has 3 atom stereocenters. The number of benzene rings is 1. The van der Waals surface area contributed by atoms with Gasteiger partial charge in [0, 0.05) is 12.3 Å².